The number of fused-ring (bicyclic) bond motifs is 1. The molecule has 0 spiro atoms. The van der Waals surface area contributed by atoms with Crippen LogP contribution in [0.1, 0.15) is 46.0 Å². The molecule has 2 saturated carbocycles. The van der Waals surface area contributed by atoms with Gasteiger partial charge in [0.25, 0.3) is 0 Å². The molecule has 2 rings (SSSR count). The molecule has 2 unspecified atom stereocenters. The second-order valence-electron chi connectivity index (χ2n) is 6.95. The van der Waals surface area contributed by atoms with Gasteiger partial charge in [0.15, 0.2) is 0 Å². The molecule has 2 aliphatic carbocycles. The molecule has 0 heterocycles. The number of rotatable bonds is 3. The lowest BCUT2D eigenvalue weighted by molar-refractivity contribution is -0.144. The maximum Gasteiger partial charge on any atom is 0.302 e. The summed E-state index contributed by atoms with van der Waals surface area (Å²) in [6, 6.07) is 0. The van der Waals surface area contributed by atoms with Crippen molar-refractivity contribution in [1.82, 2.24) is 0 Å². The van der Waals surface area contributed by atoms with E-state index in [1.54, 1.807) is 0 Å². The SMILES string of the molecule is C=C1CCCC(COC(C)=O)C(=O)C[C@@H]2C1C[C@]2(C)CO. The normalized spacial score (nSPS) is 36.8. The van der Waals surface area contributed by atoms with Gasteiger partial charge in [-0.05, 0) is 42.9 Å². The van der Waals surface area contributed by atoms with Crippen molar-refractivity contribution in [3.8, 4) is 0 Å². The summed E-state index contributed by atoms with van der Waals surface area (Å²) in [6.07, 6.45) is 3.98. The van der Waals surface area contributed by atoms with E-state index in [2.05, 4.69) is 6.58 Å². The summed E-state index contributed by atoms with van der Waals surface area (Å²) < 4.78 is 5.04. The Balaban J connectivity index is 2.09. The maximum atomic E-state index is 12.5. The van der Waals surface area contributed by atoms with E-state index in [4.69, 9.17) is 4.74 Å². The number of Topliss-reactive ketones (excluding diaryl/α,β-unsaturated/α-hetero) is 1. The Morgan fingerprint density at radius 1 is 1.52 bits per heavy atom. The van der Waals surface area contributed by atoms with E-state index < -0.39 is 0 Å². The Morgan fingerprint density at radius 3 is 2.86 bits per heavy atom. The lowest BCUT2D eigenvalue weighted by Gasteiger charge is -2.53. The number of ether oxygens (including phenoxy) is 1. The Kier molecular flexibility index (Phi) is 4.87. The van der Waals surface area contributed by atoms with Crippen LogP contribution in [0.25, 0.3) is 0 Å². The van der Waals surface area contributed by atoms with Gasteiger partial charge < -0.3 is 9.84 Å². The second-order valence-corrected chi connectivity index (χ2v) is 6.95. The fourth-order valence-electron chi connectivity index (χ4n) is 3.82. The highest BCUT2D eigenvalue weighted by atomic mass is 16.5. The standard InChI is InChI=1S/C17H26O4/c1-11-5-4-6-13(9-21-12(2)19)16(20)7-15-14(11)8-17(15,3)10-18/h13-15,18H,1,4-10H2,2-3H3/t13?,14?,15-,17-/m1/s1. The molecular weight excluding hydrogens is 268 g/mol. The third kappa shape index (κ3) is 3.37. The summed E-state index contributed by atoms with van der Waals surface area (Å²) in [5.74, 6) is 0.164. The van der Waals surface area contributed by atoms with Gasteiger partial charge >= 0.3 is 5.97 Å². The number of allylic oxidation sites excluding steroid dienone is 1. The van der Waals surface area contributed by atoms with Crippen LogP contribution >= 0.6 is 0 Å². The number of ketones is 1. The van der Waals surface area contributed by atoms with E-state index in [1.165, 1.54) is 12.5 Å². The summed E-state index contributed by atoms with van der Waals surface area (Å²) in [4.78, 5) is 23.5. The van der Waals surface area contributed by atoms with Crippen LogP contribution in [0.5, 0.6) is 0 Å². The smallest absolute Gasteiger partial charge is 0.302 e. The van der Waals surface area contributed by atoms with Gasteiger partial charge in [-0.2, -0.15) is 0 Å². The highest BCUT2D eigenvalue weighted by Gasteiger charge is 2.52. The fraction of sp³-hybridized carbons (Fsp3) is 0.765. The lowest BCUT2D eigenvalue weighted by atomic mass is 9.51. The molecule has 2 aliphatic rings. The molecular formula is C17H26O4. The quantitative estimate of drug-likeness (QED) is 0.641. The largest absolute Gasteiger partial charge is 0.465 e. The van der Waals surface area contributed by atoms with Crippen molar-refractivity contribution >= 4 is 11.8 Å². The molecule has 4 atom stereocenters. The predicted octanol–water partition coefficient (Wildman–Crippen LogP) is 2.50. The molecule has 4 heteroatoms. The first-order valence-electron chi connectivity index (χ1n) is 7.82. The van der Waals surface area contributed by atoms with Gasteiger partial charge in [-0.3, -0.25) is 9.59 Å². The molecule has 0 radical (unpaired) electrons. The first-order chi connectivity index (χ1) is 9.87. The zero-order chi connectivity index (χ0) is 15.6. The Labute approximate surface area is 126 Å². The predicted molar refractivity (Wildman–Crippen MR) is 79.5 cm³/mol. The number of carbonyl (C=O) groups is 2. The van der Waals surface area contributed by atoms with Crippen LogP contribution in [-0.4, -0.2) is 30.1 Å². The third-order valence-electron chi connectivity index (χ3n) is 5.37. The minimum atomic E-state index is -0.339. The Bertz CT molecular complexity index is 442. The average molecular weight is 294 g/mol. The van der Waals surface area contributed by atoms with Crippen molar-refractivity contribution in [2.24, 2.45) is 23.2 Å². The van der Waals surface area contributed by atoms with E-state index in [0.29, 0.717) is 12.3 Å². The molecule has 0 aliphatic heterocycles. The molecule has 2 fully saturated rings. The molecule has 21 heavy (non-hydrogen) atoms. The molecule has 118 valence electrons. The maximum absolute atomic E-state index is 12.5. The van der Waals surface area contributed by atoms with Crippen molar-refractivity contribution in [3.05, 3.63) is 12.2 Å². The van der Waals surface area contributed by atoms with Crippen molar-refractivity contribution in [2.75, 3.05) is 13.2 Å². The topological polar surface area (TPSA) is 63.6 Å². The van der Waals surface area contributed by atoms with Crippen molar-refractivity contribution in [3.63, 3.8) is 0 Å². The van der Waals surface area contributed by atoms with Crippen LogP contribution in [0.15, 0.2) is 12.2 Å². The zero-order valence-electron chi connectivity index (χ0n) is 13.1. The minimum absolute atomic E-state index is 0.114. The molecule has 0 aromatic rings. The molecule has 1 N–H and O–H groups in total. The number of esters is 1. The highest BCUT2D eigenvalue weighted by Crippen LogP contribution is 2.56. The first-order valence-corrected chi connectivity index (χ1v) is 7.82. The summed E-state index contributed by atoms with van der Waals surface area (Å²) in [5, 5.41) is 9.62. The highest BCUT2D eigenvalue weighted by molar-refractivity contribution is 5.82. The van der Waals surface area contributed by atoms with Gasteiger partial charge in [-0.1, -0.05) is 19.1 Å². The number of aliphatic hydroxyl groups is 1. The summed E-state index contributed by atoms with van der Waals surface area (Å²) in [5.41, 5.74) is 1.05. The van der Waals surface area contributed by atoms with E-state index >= 15 is 0 Å². The number of hydrogen-bond acceptors (Lipinski definition) is 4. The first kappa shape index (κ1) is 16.2. The monoisotopic (exact) mass is 294 g/mol. The van der Waals surface area contributed by atoms with Crippen molar-refractivity contribution in [2.45, 2.75) is 46.0 Å². The van der Waals surface area contributed by atoms with Gasteiger partial charge in [0, 0.05) is 20.0 Å². The summed E-state index contributed by atoms with van der Waals surface area (Å²) >= 11 is 0. The summed E-state index contributed by atoms with van der Waals surface area (Å²) in [7, 11) is 0. The van der Waals surface area contributed by atoms with Crippen LogP contribution in [0.4, 0.5) is 0 Å². The number of hydrogen-bond donors (Lipinski definition) is 1. The van der Waals surface area contributed by atoms with Crippen LogP contribution < -0.4 is 0 Å². The van der Waals surface area contributed by atoms with E-state index in [-0.39, 0.29) is 42.2 Å². The molecule has 0 saturated heterocycles. The van der Waals surface area contributed by atoms with Gasteiger partial charge in [-0.25, -0.2) is 0 Å². The van der Waals surface area contributed by atoms with Gasteiger partial charge in [0.05, 0.1) is 5.92 Å². The molecule has 0 aromatic heterocycles. The number of carbonyl (C=O) groups excluding carboxylic acids is 2. The van der Waals surface area contributed by atoms with Crippen molar-refractivity contribution in [1.29, 1.82) is 0 Å². The van der Waals surface area contributed by atoms with Crippen LogP contribution in [-0.2, 0) is 14.3 Å². The molecule has 0 amide bonds. The van der Waals surface area contributed by atoms with Gasteiger partial charge in [0.2, 0.25) is 0 Å². The van der Waals surface area contributed by atoms with Crippen LogP contribution in [0.3, 0.4) is 0 Å². The Morgan fingerprint density at radius 2 is 2.24 bits per heavy atom. The van der Waals surface area contributed by atoms with Crippen LogP contribution in [0, 0.1) is 23.2 Å². The summed E-state index contributed by atoms with van der Waals surface area (Å²) in [6.45, 7) is 7.91. The lowest BCUT2D eigenvalue weighted by Crippen LogP contribution is -2.50. The van der Waals surface area contributed by atoms with E-state index in [1.807, 2.05) is 6.92 Å². The Hall–Kier alpha value is -1.16. The fourth-order valence-corrected chi connectivity index (χ4v) is 3.82. The molecule has 4 nitrogen and oxygen atoms in total. The van der Waals surface area contributed by atoms with E-state index in [0.717, 1.165) is 25.7 Å². The second kappa shape index (κ2) is 6.30. The molecule has 0 aromatic carbocycles. The minimum Gasteiger partial charge on any atom is -0.465 e. The van der Waals surface area contributed by atoms with E-state index in [9.17, 15) is 14.7 Å². The molecule has 0 bridgehead atoms. The van der Waals surface area contributed by atoms with Crippen LogP contribution in [0.2, 0.25) is 0 Å². The van der Waals surface area contributed by atoms with Gasteiger partial charge in [0.1, 0.15) is 12.4 Å². The zero-order valence-corrected chi connectivity index (χ0v) is 13.1. The third-order valence-corrected chi connectivity index (χ3v) is 5.37. The van der Waals surface area contributed by atoms with Gasteiger partial charge in [-0.15, -0.1) is 0 Å². The number of aliphatic hydroxyl groups excluding tert-OH is 1. The average Bonchev–Trinajstić information content (AvgIpc) is 2.48. The van der Waals surface area contributed by atoms with Crippen molar-refractivity contribution < 1.29 is 19.4 Å².